The Morgan fingerprint density at radius 2 is 2.05 bits per heavy atom. The van der Waals surface area contributed by atoms with Crippen molar-refractivity contribution in [2.24, 2.45) is 5.92 Å². The van der Waals surface area contributed by atoms with Gasteiger partial charge in [-0.2, -0.15) is 0 Å². The summed E-state index contributed by atoms with van der Waals surface area (Å²) in [4.78, 5) is 0. The largest absolute Gasteiger partial charge is 0.389 e. The Kier molecular flexibility index (Phi) is 7.28. The van der Waals surface area contributed by atoms with Crippen LogP contribution in [0.1, 0.15) is 51.9 Å². The van der Waals surface area contributed by atoms with Crippen LogP contribution in [0.2, 0.25) is 0 Å². The monoisotopic (exact) mass is 285 g/mol. The zero-order valence-corrected chi connectivity index (χ0v) is 12.9. The highest BCUT2D eigenvalue weighted by molar-refractivity contribution is 4.71. The van der Waals surface area contributed by atoms with Gasteiger partial charge < -0.3 is 19.9 Å². The van der Waals surface area contributed by atoms with E-state index in [2.05, 4.69) is 12.2 Å². The van der Waals surface area contributed by atoms with Crippen LogP contribution in [0.4, 0.5) is 0 Å². The van der Waals surface area contributed by atoms with Gasteiger partial charge in [-0.3, -0.25) is 0 Å². The molecule has 0 bridgehead atoms. The standard InChI is InChI=1S/C16H31NO3/c1-13-4-6-16(7-5-13)20-12-14(18)11-17-9-8-15-3-2-10-19-15/h13-18H,2-12H2,1H3. The normalized spacial score (nSPS) is 32.4. The summed E-state index contributed by atoms with van der Waals surface area (Å²) >= 11 is 0. The third kappa shape index (κ3) is 6.08. The molecule has 1 aliphatic heterocycles. The molecule has 118 valence electrons. The summed E-state index contributed by atoms with van der Waals surface area (Å²) in [5.41, 5.74) is 0. The summed E-state index contributed by atoms with van der Waals surface area (Å²) in [7, 11) is 0. The van der Waals surface area contributed by atoms with Gasteiger partial charge in [-0.25, -0.2) is 0 Å². The van der Waals surface area contributed by atoms with Crippen molar-refractivity contribution in [1.82, 2.24) is 5.32 Å². The van der Waals surface area contributed by atoms with E-state index in [1.54, 1.807) is 0 Å². The topological polar surface area (TPSA) is 50.7 Å². The molecule has 2 atom stereocenters. The van der Waals surface area contributed by atoms with E-state index < -0.39 is 0 Å². The third-order valence-electron chi connectivity index (χ3n) is 4.53. The average molecular weight is 285 g/mol. The van der Waals surface area contributed by atoms with Crippen molar-refractivity contribution in [3.05, 3.63) is 0 Å². The van der Waals surface area contributed by atoms with Crippen LogP contribution >= 0.6 is 0 Å². The smallest absolute Gasteiger partial charge is 0.0897 e. The highest BCUT2D eigenvalue weighted by Gasteiger charge is 2.19. The van der Waals surface area contributed by atoms with Crippen LogP contribution in [0.25, 0.3) is 0 Å². The van der Waals surface area contributed by atoms with Crippen LogP contribution in [-0.2, 0) is 9.47 Å². The van der Waals surface area contributed by atoms with Crippen LogP contribution in [0.5, 0.6) is 0 Å². The molecule has 2 N–H and O–H groups in total. The molecule has 4 heteroatoms. The van der Waals surface area contributed by atoms with E-state index in [4.69, 9.17) is 9.47 Å². The van der Waals surface area contributed by atoms with Crippen LogP contribution in [0.15, 0.2) is 0 Å². The lowest BCUT2D eigenvalue weighted by atomic mass is 9.89. The average Bonchev–Trinajstić information content (AvgIpc) is 2.96. The molecule has 1 saturated carbocycles. The number of hydrogen-bond acceptors (Lipinski definition) is 4. The Balaban J connectivity index is 1.44. The van der Waals surface area contributed by atoms with Gasteiger partial charge >= 0.3 is 0 Å². The summed E-state index contributed by atoms with van der Waals surface area (Å²) in [6, 6.07) is 0. The van der Waals surface area contributed by atoms with E-state index in [1.165, 1.54) is 25.7 Å². The van der Waals surface area contributed by atoms with Gasteiger partial charge in [-0.1, -0.05) is 6.92 Å². The fourth-order valence-electron chi connectivity index (χ4n) is 3.11. The summed E-state index contributed by atoms with van der Waals surface area (Å²) < 4.78 is 11.4. The van der Waals surface area contributed by atoms with Crippen molar-refractivity contribution < 1.29 is 14.6 Å². The maximum absolute atomic E-state index is 9.91. The fourth-order valence-corrected chi connectivity index (χ4v) is 3.11. The molecule has 1 aliphatic carbocycles. The molecule has 0 amide bonds. The molecule has 0 spiro atoms. The van der Waals surface area contributed by atoms with Gasteiger partial charge in [0.15, 0.2) is 0 Å². The molecule has 0 aromatic carbocycles. The second-order valence-corrected chi connectivity index (χ2v) is 6.50. The molecule has 0 aromatic rings. The number of aliphatic hydroxyl groups excluding tert-OH is 1. The van der Waals surface area contributed by atoms with E-state index in [9.17, 15) is 5.11 Å². The highest BCUT2D eigenvalue weighted by Crippen LogP contribution is 2.25. The van der Waals surface area contributed by atoms with Crippen LogP contribution in [0.3, 0.4) is 0 Å². The zero-order chi connectivity index (χ0) is 14.2. The number of ether oxygens (including phenoxy) is 2. The quantitative estimate of drug-likeness (QED) is 0.671. The van der Waals surface area contributed by atoms with Crippen molar-refractivity contribution in [3.8, 4) is 0 Å². The van der Waals surface area contributed by atoms with E-state index in [-0.39, 0.29) is 6.10 Å². The minimum atomic E-state index is -0.390. The lowest BCUT2D eigenvalue weighted by molar-refractivity contribution is -0.0279. The SMILES string of the molecule is CC1CCC(OCC(O)CNCCC2CCCO2)CC1. The zero-order valence-electron chi connectivity index (χ0n) is 12.9. The van der Waals surface area contributed by atoms with Gasteiger partial charge in [0.25, 0.3) is 0 Å². The van der Waals surface area contributed by atoms with Crippen molar-refractivity contribution in [2.75, 3.05) is 26.3 Å². The predicted octanol–water partition coefficient (Wildman–Crippen LogP) is 2.10. The Morgan fingerprint density at radius 3 is 2.75 bits per heavy atom. The molecule has 2 fully saturated rings. The van der Waals surface area contributed by atoms with Gasteiger partial charge in [0.1, 0.15) is 0 Å². The van der Waals surface area contributed by atoms with Crippen molar-refractivity contribution in [1.29, 1.82) is 0 Å². The Bertz CT molecular complexity index is 248. The lowest BCUT2D eigenvalue weighted by Crippen LogP contribution is -2.34. The summed E-state index contributed by atoms with van der Waals surface area (Å²) in [6.07, 6.45) is 8.68. The molecule has 0 radical (unpaired) electrons. The number of hydrogen-bond donors (Lipinski definition) is 2. The molecule has 2 unspecified atom stereocenters. The van der Waals surface area contributed by atoms with E-state index in [1.807, 2.05) is 0 Å². The van der Waals surface area contributed by atoms with Gasteiger partial charge in [0.2, 0.25) is 0 Å². The molecule has 0 aromatic heterocycles. The fraction of sp³-hybridized carbons (Fsp3) is 1.00. The van der Waals surface area contributed by atoms with Gasteiger partial charge in [-0.15, -0.1) is 0 Å². The van der Waals surface area contributed by atoms with Gasteiger partial charge in [0, 0.05) is 13.2 Å². The Hall–Kier alpha value is -0.160. The molecule has 2 rings (SSSR count). The van der Waals surface area contributed by atoms with Crippen molar-refractivity contribution in [2.45, 2.75) is 70.2 Å². The summed E-state index contributed by atoms with van der Waals surface area (Å²) in [6.45, 7) is 5.23. The van der Waals surface area contributed by atoms with Gasteiger partial charge in [0.05, 0.1) is 24.9 Å². The van der Waals surface area contributed by atoms with E-state index in [0.717, 1.165) is 38.3 Å². The molecule has 2 aliphatic rings. The Morgan fingerprint density at radius 1 is 1.25 bits per heavy atom. The predicted molar refractivity (Wildman–Crippen MR) is 79.8 cm³/mol. The molecule has 20 heavy (non-hydrogen) atoms. The number of rotatable bonds is 8. The molecule has 1 heterocycles. The maximum atomic E-state index is 9.91. The van der Waals surface area contributed by atoms with E-state index >= 15 is 0 Å². The first kappa shape index (κ1) is 16.2. The first-order valence-electron chi connectivity index (χ1n) is 8.36. The van der Waals surface area contributed by atoms with Crippen molar-refractivity contribution in [3.63, 3.8) is 0 Å². The molecule has 4 nitrogen and oxygen atoms in total. The van der Waals surface area contributed by atoms with Crippen LogP contribution < -0.4 is 5.32 Å². The van der Waals surface area contributed by atoms with E-state index in [0.29, 0.717) is 25.4 Å². The van der Waals surface area contributed by atoms with Crippen LogP contribution in [-0.4, -0.2) is 49.7 Å². The van der Waals surface area contributed by atoms with Crippen molar-refractivity contribution >= 4 is 0 Å². The minimum Gasteiger partial charge on any atom is -0.389 e. The first-order chi connectivity index (χ1) is 9.74. The third-order valence-corrected chi connectivity index (χ3v) is 4.53. The maximum Gasteiger partial charge on any atom is 0.0897 e. The summed E-state index contributed by atoms with van der Waals surface area (Å²) in [5.74, 6) is 0.847. The number of aliphatic hydroxyl groups is 1. The molecular weight excluding hydrogens is 254 g/mol. The number of nitrogens with one attached hydrogen (secondary N) is 1. The highest BCUT2D eigenvalue weighted by atomic mass is 16.5. The second-order valence-electron chi connectivity index (χ2n) is 6.50. The minimum absolute atomic E-state index is 0.368. The Labute approximate surface area is 123 Å². The first-order valence-corrected chi connectivity index (χ1v) is 8.36. The van der Waals surface area contributed by atoms with Gasteiger partial charge in [-0.05, 0) is 57.4 Å². The lowest BCUT2D eigenvalue weighted by Gasteiger charge is -2.27. The van der Waals surface area contributed by atoms with Crippen LogP contribution in [0, 0.1) is 5.92 Å². The summed E-state index contributed by atoms with van der Waals surface area (Å²) in [5, 5.41) is 13.2. The molecular formula is C16H31NO3. The molecule has 1 saturated heterocycles. The second kappa shape index (κ2) is 8.98.